The van der Waals surface area contributed by atoms with Gasteiger partial charge < -0.3 is 24.8 Å². The number of nitrogens with zero attached hydrogens (tertiary/aromatic N) is 4. The monoisotopic (exact) mass is 638 g/mol. The zero-order valence-corrected chi connectivity index (χ0v) is 25.3. The number of ether oxygens (including phenoxy) is 2. The van der Waals surface area contributed by atoms with Crippen LogP contribution in [-0.4, -0.2) is 61.1 Å². The Bertz CT molecular complexity index is 1740. The molecule has 2 aromatic carbocycles. The summed E-state index contributed by atoms with van der Waals surface area (Å²) in [5, 5.41) is 13.8. The van der Waals surface area contributed by atoms with Crippen LogP contribution in [0.15, 0.2) is 67.0 Å². The number of nitrogens with one attached hydrogen (secondary N) is 1. The maximum Gasteiger partial charge on any atom is 0.459 e. The Morgan fingerprint density at radius 3 is 2.60 bits per heavy atom. The van der Waals surface area contributed by atoms with E-state index in [0.717, 1.165) is 5.56 Å². The summed E-state index contributed by atoms with van der Waals surface area (Å²) < 4.78 is 52.9. The Kier molecular flexibility index (Phi) is 9.48. The second kappa shape index (κ2) is 13.3. The number of hydrogen-bond acceptors (Lipinski definition) is 11. The maximum atomic E-state index is 14.4. The lowest BCUT2D eigenvalue weighted by Crippen LogP contribution is -2.44. The van der Waals surface area contributed by atoms with Crippen molar-refractivity contribution in [2.75, 3.05) is 12.3 Å². The van der Waals surface area contributed by atoms with Crippen molar-refractivity contribution in [1.29, 1.82) is 0 Å². The van der Waals surface area contributed by atoms with Crippen LogP contribution in [0.3, 0.4) is 0 Å². The Morgan fingerprint density at radius 2 is 1.93 bits per heavy atom. The van der Waals surface area contributed by atoms with Crippen LogP contribution < -0.4 is 15.3 Å². The van der Waals surface area contributed by atoms with E-state index in [0.29, 0.717) is 0 Å². The van der Waals surface area contributed by atoms with Gasteiger partial charge in [-0.3, -0.25) is 13.9 Å². The lowest BCUT2D eigenvalue weighted by Gasteiger charge is -2.30. The minimum atomic E-state index is -4.44. The number of carbonyl (C=O) groups excluding carboxylic acids is 1. The maximum absolute atomic E-state index is 14.4. The first-order chi connectivity index (χ1) is 21.5. The molecule has 0 radical (unpaired) electrons. The van der Waals surface area contributed by atoms with Crippen molar-refractivity contribution in [1.82, 2.24) is 24.6 Å². The normalized spacial score (nSPS) is 21.7. The topological polar surface area (TPSA) is 173 Å². The van der Waals surface area contributed by atoms with E-state index in [1.807, 2.05) is 18.2 Å². The van der Waals surface area contributed by atoms with Crippen LogP contribution in [-0.2, 0) is 29.8 Å². The number of aliphatic hydroxyl groups excluding tert-OH is 1. The lowest BCUT2D eigenvalue weighted by atomic mass is 9.99. The number of carbonyl (C=O) groups is 1. The summed E-state index contributed by atoms with van der Waals surface area (Å²) in [6.07, 6.45) is 3.32. The van der Waals surface area contributed by atoms with E-state index < -0.39 is 56.5 Å². The molecule has 1 aliphatic rings. The number of para-hydroxylation sites is 1. The average molecular weight is 639 g/mol. The fourth-order valence-corrected chi connectivity index (χ4v) is 6.29. The fourth-order valence-electron chi connectivity index (χ4n) is 4.77. The average Bonchev–Trinajstić information content (AvgIpc) is 3.57. The molecule has 2 aromatic heterocycles. The van der Waals surface area contributed by atoms with Crippen molar-refractivity contribution in [3.63, 3.8) is 0 Å². The second-order valence-electron chi connectivity index (χ2n) is 10.6. The van der Waals surface area contributed by atoms with Crippen LogP contribution in [0.2, 0.25) is 0 Å². The van der Waals surface area contributed by atoms with Gasteiger partial charge in [-0.1, -0.05) is 54.5 Å². The third-order valence-corrected chi connectivity index (χ3v) is 8.48. The van der Waals surface area contributed by atoms with Crippen molar-refractivity contribution in [3.8, 4) is 18.1 Å². The third kappa shape index (κ3) is 7.30. The first-order valence-corrected chi connectivity index (χ1v) is 15.6. The molecule has 13 nitrogen and oxygen atoms in total. The number of anilines is 1. The summed E-state index contributed by atoms with van der Waals surface area (Å²) in [7, 11) is -4.44. The Labute approximate surface area is 258 Å². The van der Waals surface area contributed by atoms with Crippen LogP contribution in [0.1, 0.15) is 32.1 Å². The number of aromatic nitrogens is 4. The van der Waals surface area contributed by atoms with Gasteiger partial charge in [-0.15, -0.1) is 6.42 Å². The first-order valence-electron chi connectivity index (χ1n) is 14.0. The molecular weight excluding hydrogens is 606 g/mol. The van der Waals surface area contributed by atoms with Crippen molar-refractivity contribution in [2.24, 2.45) is 0 Å². The minimum Gasteiger partial charge on any atom is -0.462 e. The molecule has 15 heteroatoms. The Balaban J connectivity index is 1.42. The number of benzene rings is 2. The molecule has 0 bridgehead atoms. The van der Waals surface area contributed by atoms with Gasteiger partial charge in [0.2, 0.25) is 0 Å². The molecule has 1 saturated heterocycles. The second-order valence-corrected chi connectivity index (χ2v) is 12.3. The number of esters is 1. The zero-order valence-electron chi connectivity index (χ0n) is 24.4. The number of halogens is 1. The van der Waals surface area contributed by atoms with E-state index >= 15 is 0 Å². The van der Waals surface area contributed by atoms with Crippen molar-refractivity contribution >= 4 is 30.7 Å². The van der Waals surface area contributed by atoms with Gasteiger partial charge in [-0.05, 0) is 38.0 Å². The van der Waals surface area contributed by atoms with Gasteiger partial charge in [0.05, 0.1) is 12.4 Å². The van der Waals surface area contributed by atoms with Gasteiger partial charge in [0.25, 0.3) is 0 Å². The molecule has 45 heavy (non-hydrogen) atoms. The highest BCUT2D eigenvalue weighted by molar-refractivity contribution is 7.52. The number of nitrogens with two attached hydrogens (primary N) is 1. The van der Waals surface area contributed by atoms with Crippen LogP contribution in [0.25, 0.3) is 11.2 Å². The summed E-state index contributed by atoms with van der Waals surface area (Å²) in [4.78, 5) is 24.5. The molecule has 0 amide bonds. The highest BCUT2D eigenvalue weighted by atomic mass is 31.2. The molecule has 1 fully saturated rings. The number of hydrogen-bond donors (Lipinski definition) is 3. The molecule has 0 aliphatic carbocycles. The highest BCUT2D eigenvalue weighted by Crippen LogP contribution is 2.48. The molecule has 0 unspecified atom stereocenters. The molecule has 3 heterocycles. The quantitative estimate of drug-likeness (QED) is 0.0893. The van der Waals surface area contributed by atoms with E-state index in [9.17, 15) is 18.9 Å². The van der Waals surface area contributed by atoms with E-state index in [-0.39, 0.29) is 35.6 Å². The number of fused-ring (bicyclic) bond motifs is 1. The van der Waals surface area contributed by atoms with Gasteiger partial charge in [0.1, 0.15) is 30.7 Å². The Morgan fingerprint density at radius 1 is 1.24 bits per heavy atom. The van der Waals surface area contributed by atoms with Gasteiger partial charge >= 0.3 is 19.8 Å². The number of nitrogen functional groups attached to an aromatic ring is 1. The minimum absolute atomic E-state index is 0.0260. The van der Waals surface area contributed by atoms with E-state index in [1.165, 1.54) is 10.9 Å². The summed E-state index contributed by atoms with van der Waals surface area (Å²) in [5.41, 5.74) is 4.85. The van der Waals surface area contributed by atoms with Crippen molar-refractivity contribution in [2.45, 2.75) is 56.8 Å². The molecule has 5 rings (SSSR count). The standard InChI is InChI=1S/C30H32FN6O7P/c1-4-30(23(38)16-24(43-30)37-18-33-25-26(32)34-29(31)35-27(25)37)17-41-45(40,44-21-13-9-6-10-14-21)36-22(28(39)42-19(2)3)15-20-11-7-5-8-12-20/h1,5-14,18-19,22-24,38H,15-17H2,2-3H3,(H,36,40)(H2,32,34,35)/t22-,23-,24+,30+,45-/m0/s1. The van der Waals surface area contributed by atoms with E-state index in [2.05, 4.69) is 26.0 Å². The van der Waals surface area contributed by atoms with Crippen molar-refractivity contribution < 1.29 is 37.4 Å². The van der Waals surface area contributed by atoms with Crippen LogP contribution in [0.4, 0.5) is 10.2 Å². The zero-order chi connectivity index (χ0) is 32.2. The lowest BCUT2D eigenvalue weighted by molar-refractivity contribution is -0.149. The van der Waals surface area contributed by atoms with Crippen LogP contribution >= 0.6 is 7.75 Å². The van der Waals surface area contributed by atoms with Crippen LogP contribution in [0, 0.1) is 18.4 Å². The number of imidazole rings is 1. The van der Waals surface area contributed by atoms with E-state index in [1.54, 1.807) is 56.3 Å². The predicted octanol–water partition coefficient (Wildman–Crippen LogP) is 3.56. The molecule has 0 spiro atoms. The smallest absolute Gasteiger partial charge is 0.459 e. The molecule has 0 saturated carbocycles. The first kappa shape index (κ1) is 32.0. The SMILES string of the molecule is C#C[C@]1(CO[P@@](=O)(N[C@@H](Cc2ccccc2)C(=O)OC(C)C)Oc2ccccc2)O[C@@H](n2cnc3c(N)nc(F)nc32)C[C@@H]1O. The van der Waals surface area contributed by atoms with Gasteiger partial charge in [0, 0.05) is 6.42 Å². The molecule has 1 aliphatic heterocycles. The van der Waals surface area contributed by atoms with Gasteiger partial charge in [0.15, 0.2) is 22.6 Å². The molecule has 5 atom stereocenters. The van der Waals surface area contributed by atoms with Crippen LogP contribution in [0.5, 0.6) is 5.75 Å². The van der Waals surface area contributed by atoms with Gasteiger partial charge in [-0.25, -0.2) is 9.55 Å². The highest BCUT2D eigenvalue weighted by Gasteiger charge is 2.50. The number of terminal acetylenes is 1. The van der Waals surface area contributed by atoms with E-state index in [4.69, 9.17) is 30.7 Å². The summed E-state index contributed by atoms with van der Waals surface area (Å²) >= 11 is 0. The largest absolute Gasteiger partial charge is 0.462 e. The van der Waals surface area contributed by atoms with Crippen molar-refractivity contribution in [3.05, 3.63) is 78.6 Å². The molecule has 236 valence electrons. The Hall–Kier alpha value is -4.38. The third-order valence-electron chi connectivity index (χ3n) is 6.94. The van der Waals surface area contributed by atoms with Gasteiger partial charge in [-0.2, -0.15) is 19.4 Å². The molecule has 4 aromatic rings. The fraction of sp³-hybridized carbons (Fsp3) is 0.333. The molecular formula is C30H32FN6O7P. The predicted molar refractivity (Wildman–Crippen MR) is 161 cm³/mol. The summed E-state index contributed by atoms with van der Waals surface area (Å²) in [5.74, 6) is 1.73. The summed E-state index contributed by atoms with van der Waals surface area (Å²) in [6.45, 7) is 2.75. The summed E-state index contributed by atoms with van der Waals surface area (Å²) in [6, 6.07) is 16.1. The molecule has 4 N–H and O–H groups in total. The number of rotatable bonds is 12. The number of aliphatic hydroxyl groups is 1.